The number of sulfone groups is 1. The van der Waals surface area contributed by atoms with E-state index in [9.17, 15) is 13.2 Å². The molecule has 0 spiro atoms. The molecule has 1 aromatic rings. The molecule has 1 aliphatic rings. The second-order valence-corrected chi connectivity index (χ2v) is 7.87. The van der Waals surface area contributed by atoms with Gasteiger partial charge < -0.3 is 0 Å². The van der Waals surface area contributed by atoms with Gasteiger partial charge in [0, 0.05) is 12.6 Å². The fourth-order valence-electron chi connectivity index (χ4n) is 2.25. The van der Waals surface area contributed by atoms with Gasteiger partial charge in [0.1, 0.15) is 0 Å². The van der Waals surface area contributed by atoms with Gasteiger partial charge in [0.25, 0.3) is 5.91 Å². The minimum absolute atomic E-state index is 0.0266. The fraction of sp³-hybridized carbons (Fsp3) is 0.545. The van der Waals surface area contributed by atoms with Gasteiger partial charge in [0.15, 0.2) is 9.84 Å². The lowest BCUT2D eigenvalue weighted by Gasteiger charge is -2.22. The van der Waals surface area contributed by atoms with Crippen LogP contribution in [0.4, 0.5) is 0 Å². The van der Waals surface area contributed by atoms with Gasteiger partial charge in [-0.15, -0.1) is 11.3 Å². The van der Waals surface area contributed by atoms with Crippen molar-refractivity contribution in [3.05, 3.63) is 21.9 Å². The minimum Gasteiger partial charge on any atom is -0.298 e. The van der Waals surface area contributed by atoms with Gasteiger partial charge in [0.05, 0.1) is 16.4 Å². The van der Waals surface area contributed by atoms with E-state index in [-0.39, 0.29) is 23.5 Å². The van der Waals surface area contributed by atoms with E-state index in [2.05, 4.69) is 5.43 Å². The van der Waals surface area contributed by atoms with Crippen molar-refractivity contribution in [2.45, 2.75) is 19.0 Å². The standard InChI is InChI=1S/C11H17N3O3S2/c1-14(9-3-5-19(16,17)7-9)6-8-2-4-18-10(8)11(15)13-12/h2,4,9H,3,5-7,12H2,1H3,(H,13,15). The number of hydrogen-bond donors (Lipinski definition) is 2. The van der Waals surface area contributed by atoms with Crippen LogP contribution in [0.25, 0.3) is 0 Å². The Morgan fingerprint density at radius 3 is 2.95 bits per heavy atom. The Bertz CT molecular complexity index is 567. The van der Waals surface area contributed by atoms with Crippen molar-refractivity contribution < 1.29 is 13.2 Å². The number of nitrogens with zero attached hydrogens (tertiary/aromatic N) is 1. The van der Waals surface area contributed by atoms with E-state index in [1.54, 1.807) is 0 Å². The predicted molar refractivity (Wildman–Crippen MR) is 74.5 cm³/mol. The molecule has 106 valence electrons. The third kappa shape index (κ3) is 3.33. The lowest BCUT2D eigenvalue weighted by atomic mass is 10.2. The van der Waals surface area contributed by atoms with E-state index in [0.29, 0.717) is 17.8 Å². The number of thiophene rings is 1. The monoisotopic (exact) mass is 303 g/mol. The topological polar surface area (TPSA) is 92.5 Å². The van der Waals surface area contributed by atoms with Gasteiger partial charge in [-0.05, 0) is 30.5 Å². The Labute approximate surface area is 116 Å². The fourth-order valence-corrected chi connectivity index (χ4v) is 4.87. The van der Waals surface area contributed by atoms with Gasteiger partial charge in [-0.1, -0.05) is 0 Å². The van der Waals surface area contributed by atoms with Crippen LogP contribution in [0.1, 0.15) is 21.7 Å². The molecule has 1 unspecified atom stereocenters. The molecule has 8 heteroatoms. The zero-order valence-corrected chi connectivity index (χ0v) is 12.3. The molecule has 6 nitrogen and oxygen atoms in total. The Morgan fingerprint density at radius 1 is 1.63 bits per heavy atom. The minimum atomic E-state index is -2.89. The Balaban J connectivity index is 2.06. The number of nitrogens with one attached hydrogen (secondary N) is 1. The Kier molecular flexibility index (Phi) is 4.24. The normalized spacial score (nSPS) is 21.7. The first-order valence-electron chi connectivity index (χ1n) is 5.91. The zero-order valence-electron chi connectivity index (χ0n) is 10.6. The maximum Gasteiger partial charge on any atom is 0.275 e. The van der Waals surface area contributed by atoms with Crippen molar-refractivity contribution in [3.8, 4) is 0 Å². The first kappa shape index (κ1) is 14.4. The molecule has 1 atom stereocenters. The van der Waals surface area contributed by atoms with Crippen LogP contribution in [0.2, 0.25) is 0 Å². The molecule has 3 N–H and O–H groups in total. The first-order valence-corrected chi connectivity index (χ1v) is 8.61. The van der Waals surface area contributed by atoms with E-state index >= 15 is 0 Å². The van der Waals surface area contributed by atoms with Crippen LogP contribution in [-0.4, -0.2) is 43.8 Å². The van der Waals surface area contributed by atoms with Crippen LogP contribution in [0.15, 0.2) is 11.4 Å². The smallest absolute Gasteiger partial charge is 0.275 e. The molecule has 0 radical (unpaired) electrons. The van der Waals surface area contributed by atoms with Gasteiger partial charge in [0.2, 0.25) is 0 Å². The molecule has 19 heavy (non-hydrogen) atoms. The quantitative estimate of drug-likeness (QED) is 0.463. The third-order valence-electron chi connectivity index (χ3n) is 3.34. The van der Waals surface area contributed by atoms with Crippen LogP contribution < -0.4 is 11.3 Å². The molecule has 0 aromatic carbocycles. The molecule has 2 rings (SSSR count). The lowest BCUT2D eigenvalue weighted by Crippen LogP contribution is -2.34. The zero-order chi connectivity index (χ0) is 14.0. The number of carbonyl (C=O) groups is 1. The van der Waals surface area contributed by atoms with Crippen LogP contribution in [0.5, 0.6) is 0 Å². The molecule has 1 aromatic heterocycles. The van der Waals surface area contributed by atoms with E-state index in [1.807, 2.05) is 23.4 Å². The summed E-state index contributed by atoms with van der Waals surface area (Å²) in [6.45, 7) is 0.548. The summed E-state index contributed by atoms with van der Waals surface area (Å²) in [5, 5.41) is 1.83. The van der Waals surface area contributed by atoms with Gasteiger partial charge >= 0.3 is 0 Å². The Morgan fingerprint density at radius 2 is 2.37 bits per heavy atom. The summed E-state index contributed by atoms with van der Waals surface area (Å²) in [6.07, 6.45) is 0.654. The maximum absolute atomic E-state index is 11.6. The number of hydrogen-bond acceptors (Lipinski definition) is 6. The molecule has 0 saturated carbocycles. The molecule has 1 aliphatic heterocycles. The van der Waals surface area contributed by atoms with E-state index < -0.39 is 9.84 Å². The molecule has 1 fully saturated rings. The van der Waals surface area contributed by atoms with Crippen LogP contribution in [0, 0.1) is 0 Å². The molecule has 1 saturated heterocycles. The average molecular weight is 303 g/mol. The second kappa shape index (κ2) is 5.58. The number of nitrogens with two attached hydrogens (primary N) is 1. The average Bonchev–Trinajstić information content (AvgIpc) is 2.94. The summed E-state index contributed by atoms with van der Waals surface area (Å²) in [5.41, 5.74) is 3.00. The second-order valence-electron chi connectivity index (χ2n) is 4.72. The van der Waals surface area contributed by atoms with Crippen LogP contribution in [-0.2, 0) is 16.4 Å². The highest BCUT2D eigenvalue weighted by Crippen LogP contribution is 2.22. The van der Waals surface area contributed by atoms with E-state index in [4.69, 9.17) is 5.84 Å². The lowest BCUT2D eigenvalue weighted by molar-refractivity contribution is 0.0955. The van der Waals surface area contributed by atoms with Gasteiger partial charge in [-0.2, -0.15) is 0 Å². The molecular formula is C11H17N3O3S2. The van der Waals surface area contributed by atoms with E-state index in [1.165, 1.54) is 11.3 Å². The summed E-state index contributed by atoms with van der Waals surface area (Å²) < 4.78 is 22.9. The highest BCUT2D eigenvalue weighted by Gasteiger charge is 2.31. The number of hydrazine groups is 1. The summed E-state index contributed by atoms with van der Waals surface area (Å²) in [6, 6.07) is 1.90. The molecular weight excluding hydrogens is 286 g/mol. The van der Waals surface area contributed by atoms with Crippen LogP contribution in [0.3, 0.4) is 0 Å². The number of rotatable bonds is 4. The van der Waals surface area contributed by atoms with Crippen molar-refractivity contribution in [2.24, 2.45) is 5.84 Å². The molecule has 2 heterocycles. The third-order valence-corrected chi connectivity index (χ3v) is 6.04. The molecule has 0 aliphatic carbocycles. The molecule has 1 amide bonds. The van der Waals surface area contributed by atoms with Crippen molar-refractivity contribution >= 4 is 27.1 Å². The summed E-state index contributed by atoms with van der Waals surface area (Å²) in [7, 11) is -1.01. The summed E-state index contributed by atoms with van der Waals surface area (Å²) in [5.74, 6) is 5.28. The Hall–Kier alpha value is -0.960. The van der Waals surface area contributed by atoms with Crippen molar-refractivity contribution in [2.75, 3.05) is 18.6 Å². The van der Waals surface area contributed by atoms with Gasteiger partial charge in [-0.3, -0.25) is 15.1 Å². The largest absolute Gasteiger partial charge is 0.298 e. The number of amides is 1. The molecule has 0 bridgehead atoms. The first-order chi connectivity index (χ1) is 8.93. The number of carbonyl (C=O) groups excluding carboxylic acids is 1. The van der Waals surface area contributed by atoms with Gasteiger partial charge in [-0.25, -0.2) is 14.3 Å². The van der Waals surface area contributed by atoms with E-state index in [0.717, 1.165) is 5.56 Å². The van der Waals surface area contributed by atoms with Crippen molar-refractivity contribution in [1.82, 2.24) is 10.3 Å². The number of nitrogen functional groups attached to an aromatic ring is 1. The summed E-state index contributed by atoms with van der Waals surface area (Å²) >= 11 is 1.33. The SMILES string of the molecule is CN(Cc1ccsc1C(=O)NN)C1CCS(=O)(=O)C1. The summed E-state index contributed by atoms with van der Waals surface area (Å²) in [4.78, 5) is 14.1. The van der Waals surface area contributed by atoms with Crippen LogP contribution >= 0.6 is 11.3 Å². The highest BCUT2D eigenvalue weighted by molar-refractivity contribution is 7.91. The maximum atomic E-state index is 11.6. The van der Waals surface area contributed by atoms with Crippen molar-refractivity contribution in [1.29, 1.82) is 0 Å². The van der Waals surface area contributed by atoms with Crippen molar-refractivity contribution in [3.63, 3.8) is 0 Å². The highest BCUT2D eigenvalue weighted by atomic mass is 32.2. The predicted octanol–water partition coefficient (Wildman–Crippen LogP) is -0.0295.